The maximum Gasteiger partial charge on any atom is 0.309 e. The zero-order chi connectivity index (χ0) is 21.2. The largest absolute Gasteiger partial charge is 0.481 e. The molecule has 4 heteroatoms. The van der Waals surface area contributed by atoms with Gasteiger partial charge < -0.3 is 9.84 Å². The number of carboxylic acid groups (broad SMARTS) is 1. The molecular formula is C25H44O4. The van der Waals surface area contributed by atoms with Gasteiger partial charge in [-0.2, -0.15) is 0 Å². The van der Waals surface area contributed by atoms with Crippen LogP contribution in [0.4, 0.5) is 0 Å². The number of hydrogen-bond donors (Lipinski definition) is 1. The smallest absolute Gasteiger partial charge is 0.309 e. The van der Waals surface area contributed by atoms with Crippen molar-refractivity contribution in [1.29, 1.82) is 0 Å². The van der Waals surface area contributed by atoms with Gasteiger partial charge in [-0.15, -0.1) is 0 Å². The molecule has 0 spiro atoms. The number of aliphatic carboxylic acids is 1. The summed E-state index contributed by atoms with van der Waals surface area (Å²) < 4.78 is 5.37. The van der Waals surface area contributed by atoms with Gasteiger partial charge in [0, 0.05) is 0 Å². The second-order valence-corrected chi connectivity index (χ2v) is 8.59. The van der Waals surface area contributed by atoms with Crippen LogP contribution in [0.2, 0.25) is 0 Å². The average Bonchev–Trinajstić information content (AvgIpc) is 2.73. The van der Waals surface area contributed by atoms with Gasteiger partial charge in [-0.05, 0) is 44.9 Å². The van der Waals surface area contributed by atoms with Gasteiger partial charge in [0.2, 0.25) is 0 Å². The Labute approximate surface area is 178 Å². The standard InChI is InChI=1S/C25H44O4/c1-2-3-4-5-6-7-8-9-10-11-12-13-14-15-18-21-29-25(28)23-20-17-16-19-22(23)24(26)27/h7-8,22-23H,2-6,9-21H2,1H3,(H,26,27)/b8-7+. The molecule has 0 radical (unpaired) electrons. The van der Waals surface area contributed by atoms with E-state index in [-0.39, 0.29) is 5.97 Å². The van der Waals surface area contributed by atoms with Crippen LogP contribution in [0.5, 0.6) is 0 Å². The summed E-state index contributed by atoms with van der Waals surface area (Å²) in [5.74, 6) is -2.14. The predicted molar refractivity (Wildman–Crippen MR) is 119 cm³/mol. The van der Waals surface area contributed by atoms with Crippen LogP contribution in [-0.2, 0) is 14.3 Å². The van der Waals surface area contributed by atoms with Crippen molar-refractivity contribution in [2.45, 2.75) is 116 Å². The zero-order valence-electron chi connectivity index (χ0n) is 18.7. The molecule has 4 nitrogen and oxygen atoms in total. The number of rotatable bonds is 17. The number of unbranched alkanes of at least 4 members (excludes halogenated alkanes) is 11. The van der Waals surface area contributed by atoms with Crippen molar-refractivity contribution < 1.29 is 19.4 Å². The molecule has 29 heavy (non-hydrogen) atoms. The normalized spacial score (nSPS) is 19.5. The van der Waals surface area contributed by atoms with E-state index in [9.17, 15) is 14.7 Å². The lowest BCUT2D eigenvalue weighted by Gasteiger charge is -2.26. The minimum atomic E-state index is -0.853. The fraction of sp³-hybridized carbons (Fsp3) is 0.840. The Morgan fingerprint density at radius 3 is 1.90 bits per heavy atom. The Balaban J connectivity index is 1.90. The number of allylic oxidation sites excluding steroid dienone is 2. The Morgan fingerprint density at radius 2 is 1.31 bits per heavy atom. The van der Waals surface area contributed by atoms with Gasteiger partial charge in [0.15, 0.2) is 0 Å². The first-order valence-electron chi connectivity index (χ1n) is 12.2. The second-order valence-electron chi connectivity index (χ2n) is 8.59. The first-order chi connectivity index (χ1) is 14.2. The Morgan fingerprint density at radius 1 is 0.793 bits per heavy atom. The van der Waals surface area contributed by atoms with Crippen LogP contribution in [0.15, 0.2) is 12.2 Å². The molecule has 0 heterocycles. The summed E-state index contributed by atoms with van der Waals surface area (Å²) >= 11 is 0. The van der Waals surface area contributed by atoms with Gasteiger partial charge in [-0.1, -0.05) is 83.3 Å². The second kappa shape index (κ2) is 17.5. The molecule has 1 fully saturated rings. The number of carbonyl (C=O) groups is 2. The summed E-state index contributed by atoms with van der Waals surface area (Å²) in [6, 6.07) is 0. The highest BCUT2D eigenvalue weighted by Crippen LogP contribution is 2.31. The van der Waals surface area contributed by atoms with Crippen molar-refractivity contribution in [3.05, 3.63) is 12.2 Å². The summed E-state index contributed by atoms with van der Waals surface area (Å²) in [5.41, 5.74) is 0. The third kappa shape index (κ3) is 12.8. The molecular weight excluding hydrogens is 364 g/mol. The van der Waals surface area contributed by atoms with Crippen LogP contribution in [0, 0.1) is 11.8 Å². The molecule has 0 bridgehead atoms. The van der Waals surface area contributed by atoms with Crippen molar-refractivity contribution in [3.8, 4) is 0 Å². The highest BCUT2D eigenvalue weighted by molar-refractivity contribution is 5.81. The molecule has 1 rings (SSSR count). The lowest BCUT2D eigenvalue weighted by molar-refractivity contribution is -0.159. The van der Waals surface area contributed by atoms with Crippen LogP contribution >= 0.6 is 0 Å². The number of carbonyl (C=O) groups excluding carboxylic acids is 1. The van der Waals surface area contributed by atoms with Gasteiger partial charge in [0.05, 0.1) is 18.4 Å². The molecule has 0 saturated heterocycles. The quantitative estimate of drug-likeness (QED) is 0.159. The van der Waals surface area contributed by atoms with Gasteiger partial charge >= 0.3 is 11.9 Å². The molecule has 1 aliphatic rings. The van der Waals surface area contributed by atoms with Crippen molar-refractivity contribution in [1.82, 2.24) is 0 Å². The SMILES string of the molecule is CCCCCC/C=C/CCCCCCCCCOC(=O)C1CCCCC1C(=O)O. The average molecular weight is 409 g/mol. The third-order valence-corrected chi connectivity index (χ3v) is 6.04. The summed E-state index contributed by atoms with van der Waals surface area (Å²) in [6.45, 7) is 2.69. The van der Waals surface area contributed by atoms with E-state index in [1.54, 1.807) is 0 Å². The molecule has 2 unspecified atom stereocenters. The predicted octanol–water partition coefficient (Wildman–Crippen LogP) is 7.07. The van der Waals surface area contributed by atoms with E-state index in [0.29, 0.717) is 19.4 Å². The van der Waals surface area contributed by atoms with Crippen LogP contribution in [0.25, 0.3) is 0 Å². The molecule has 2 atom stereocenters. The molecule has 1 aliphatic carbocycles. The van der Waals surface area contributed by atoms with E-state index in [1.807, 2.05) is 0 Å². The molecule has 1 saturated carbocycles. The minimum absolute atomic E-state index is 0.296. The zero-order valence-corrected chi connectivity index (χ0v) is 18.7. The van der Waals surface area contributed by atoms with E-state index in [1.165, 1.54) is 70.6 Å². The molecule has 0 aliphatic heterocycles. The van der Waals surface area contributed by atoms with Crippen LogP contribution < -0.4 is 0 Å². The van der Waals surface area contributed by atoms with E-state index < -0.39 is 17.8 Å². The first-order valence-corrected chi connectivity index (χ1v) is 12.2. The summed E-state index contributed by atoms with van der Waals surface area (Å²) in [5, 5.41) is 9.26. The highest BCUT2D eigenvalue weighted by Gasteiger charge is 2.36. The molecule has 0 aromatic heterocycles. The molecule has 0 aromatic carbocycles. The number of hydrogen-bond acceptors (Lipinski definition) is 3. The van der Waals surface area contributed by atoms with Crippen LogP contribution in [0.3, 0.4) is 0 Å². The molecule has 1 N–H and O–H groups in total. The Kier molecular flexibility index (Phi) is 15.5. The highest BCUT2D eigenvalue weighted by atomic mass is 16.5. The fourth-order valence-corrected chi connectivity index (χ4v) is 4.16. The summed E-state index contributed by atoms with van der Waals surface area (Å²) in [7, 11) is 0. The van der Waals surface area contributed by atoms with Crippen molar-refractivity contribution in [2.24, 2.45) is 11.8 Å². The molecule has 0 amide bonds. The van der Waals surface area contributed by atoms with Crippen LogP contribution in [0.1, 0.15) is 116 Å². The third-order valence-electron chi connectivity index (χ3n) is 6.04. The number of ether oxygens (including phenoxy) is 1. The maximum absolute atomic E-state index is 12.2. The van der Waals surface area contributed by atoms with Crippen molar-refractivity contribution in [3.63, 3.8) is 0 Å². The topological polar surface area (TPSA) is 63.6 Å². The van der Waals surface area contributed by atoms with E-state index >= 15 is 0 Å². The number of esters is 1. The van der Waals surface area contributed by atoms with Gasteiger partial charge in [0.1, 0.15) is 0 Å². The Bertz CT molecular complexity index is 458. The molecule has 0 aromatic rings. The van der Waals surface area contributed by atoms with Crippen LogP contribution in [-0.4, -0.2) is 23.7 Å². The fourth-order valence-electron chi connectivity index (χ4n) is 4.16. The van der Waals surface area contributed by atoms with E-state index in [4.69, 9.17) is 4.74 Å². The summed E-state index contributed by atoms with van der Waals surface area (Å²) in [6.07, 6.45) is 23.9. The minimum Gasteiger partial charge on any atom is -0.481 e. The maximum atomic E-state index is 12.2. The van der Waals surface area contributed by atoms with E-state index in [0.717, 1.165) is 25.7 Å². The monoisotopic (exact) mass is 408 g/mol. The molecule has 168 valence electrons. The van der Waals surface area contributed by atoms with Gasteiger partial charge in [0.25, 0.3) is 0 Å². The lowest BCUT2D eigenvalue weighted by atomic mass is 9.79. The van der Waals surface area contributed by atoms with Crippen molar-refractivity contribution >= 4 is 11.9 Å². The Hall–Kier alpha value is -1.32. The van der Waals surface area contributed by atoms with Gasteiger partial charge in [-0.25, -0.2) is 0 Å². The lowest BCUT2D eigenvalue weighted by Crippen LogP contribution is -2.33. The number of carboxylic acids is 1. The van der Waals surface area contributed by atoms with E-state index in [2.05, 4.69) is 19.1 Å². The summed E-state index contributed by atoms with van der Waals surface area (Å²) in [4.78, 5) is 23.5. The first kappa shape index (κ1) is 25.7. The van der Waals surface area contributed by atoms with Crippen molar-refractivity contribution in [2.75, 3.05) is 6.61 Å². The van der Waals surface area contributed by atoms with Gasteiger partial charge in [-0.3, -0.25) is 9.59 Å².